The summed E-state index contributed by atoms with van der Waals surface area (Å²) >= 11 is 1.45. The summed E-state index contributed by atoms with van der Waals surface area (Å²) in [6.45, 7) is 1.99. The van der Waals surface area contributed by atoms with Crippen LogP contribution < -0.4 is 5.32 Å². The van der Waals surface area contributed by atoms with Gasteiger partial charge in [-0.2, -0.15) is 5.10 Å². The number of hydrogen-bond acceptors (Lipinski definition) is 4. The number of aryl methyl sites for hydroxylation is 1. The Morgan fingerprint density at radius 3 is 2.70 bits per heavy atom. The average molecular weight is 421 g/mol. The van der Waals surface area contributed by atoms with Crippen molar-refractivity contribution in [2.75, 3.05) is 0 Å². The first-order valence-corrected chi connectivity index (χ1v) is 10.4. The molecule has 1 amide bonds. The molecule has 0 saturated heterocycles. The van der Waals surface area contributed by atoms with Crippen LogP contribution in [0.5, 0.6) is 0 Å². The van der Waals surface area contributed by atoms with E-state index in [1.807, 2.05) is 31.2 Å². The highest BCUT2D eigenvalue weighted by atomic mass is 32.1. The first-order chi connectivity index (χ1) is 14.5. The fourth-order valence-corrected chi connectivity index (χ4v) is 4.61. The van der Waals surface area contributed by atoms with Gasteiger partial charge in [-0.3, -0.25) is 4.79 Å². The smallest absolute Gasteiger partial charge is 0.251 e. The summed E-state index contributed by atoms with van der Waals surface area (Å²) in [6.07, 6.45) is 3.69. The lowest BCUT2D eigenvalue weighted by molar-refractivity contribution is 0.0951. The van der Waals surface area contributed by atoms with Crippen LogP contribution >= 0.6 is 11.3 Å². The van der Waals surface area contributed by atoms with Crippen LogP contribution in [0.2, 0.25) is 0 Å². The Kier molecular flexibility index (Phi) is 4.55. The number of nitrogens with zero attached hydrogens (tertiary/aromatic N) is 2. The molecule has 7 heteroatoms. The summed E-state index contributed by atoms with van der Waals surface area (Å²) in [4.78, 5) is 13.4. The number of benzene rings is 2. The molecule has 150 valence electrons. The molecular formula is C23H17F2N3OS. The van der Waals surface area contributed by atoms with Gasteiger partial charge in [0.05, 0.1) is 10.9 Å². The summed E-state index contributed by atoms with van der Waals surface area (Å²) < 4.78 is 28.5. The first kappa shape index (κ1) is 18.8. The lowest BCUT2D eigenvalue weighted by atomic mass is 10.0. The number of halogens is 2. The number of nitrogens with one attached hydrogen (secondary N) is 1. The minimum absolute atomic E-state index is 0.0720. The predicted molar refractivity (Wildman–Crippen MR) is 113 cm³/mol. The Morgan fingerprint density at radius 2 is 1.93 bits per heavy atom. The molecule has 1 aliphatic carbocycles. The van der Waals surface area contributed by atoms with Crippen molar-refractivity contribution in [1.29, 1.82) is 0 Å². The van der Waals surface area contributed by atoms with Crippen LogP contribution in [0.25, 0.3) is 31.8 Å². The zero-order valence-electron chi connectivity index (χ0n) is 16.1. The zero-order chi connectivity index (χ0) is 20.8. The third-order valence-corrected chi connectivity index (χ3v) is 6.39. The van der Waals surface area contributed by atoms with Crippen LogP contribution in [0.15, 0.2) is 48.7 Å². The van der Waals surface area contributed by atoms with Gasteiger partial charge in [-0.25, -0.2) is 8.78 Å². The molecule has 2 aromatic carbocycles. The molecule has 0 bridgehead atoms. The number of aromatic nitrogens is 2. The zero-order valence-corrected chi connectivity index (χ0v) is 16.9. The highest BCUT2D eigenvalue weighted by molar-refractivity contribution is 7.22. The largest absolute Gasteiger partial charge is 0.349 e. The fraction of sp³-hybridized carbons (Fsp3) is 0.174. The summed E-state index contributed by atoms with van der Waals surface area (Å²) in [7, 11) is 0. The van der Waals surface area contributed by atoms with E-state index < -0.39 is 11.6 Å². The Labute approximate surface area is 175 Å². The van der Waals surface area contributed by atoms with E-state index in [1.54, 1.807) is 6.20 Å². The molecule has 1 aliphatic rings. The molecule has 0 spiro atoms. The van der Waals surface area contributed by atoms with Gasteiger partial charge in [-0.1, -0.05) is 6.07 Å². The van der Waals surface area contributed by atoms with Gasteiger partial charge in [0.1, 0.15) is 17.3 Å². The number of carbonyl (C=O) groups excluding carboxylic acids is 1. The maximum absolute atomic E-state index is 14.4. The second-order valence-corrected chi connectivity index (χ2v) is 8.54. The van der Waals surface area contributed by atoms with Crippen molar-refractivity contribution in [3.05, 3.63) is 71.4 Å². The molecule has 0 aliphatic heterocycles. The second-order valence-electron chi connectivity index (χ2n) is 7.49. The highest BCUT2D eigenvalue weighted by Gasteiger charge is 2.24. The Bertz CT molecular complexity index is 1300. The minimum atomic E-state index is -0.679. The molecule has 4 nitrogen and oxygen atoms in total. The lowest BCUT2D eigenvalue weighted by Gasteiger charge is -2.08. The Morgan fingerprint density at radius 1 is 1.10 bits per heavy atom. The third kappa shape index (κ3) is 3.45. The van der Waals surface area contributed by atoms with Crippen LogP contribution in [0.3, 0.4) is 0 Å². The highest BCUT2D eigenvalue weighted by Crippen LogP contribution is 2.39. The standard InChI is InChI=1S/C23H17F2N3OS/c1-12-2-3-13(23(29)27-16-5-6-16)8-18(12)20-9-14-11-26-28-21(22(14)30-20)17-7-4-15(24)10-19(17)25/h2-4,7-11,16H,5-6H2,1H3,(H,27,29). The van der Waals surface area contributed by atoms with Gasteiger partial charge in [0.25, 0.3) is 5.91 Å². The third-order valence-electron chi connectivity index (χ3n) is 5.19. The van der Waals surface area contributed by atoms with Crippen molar-refractivity contribution in [2.24, 2.45) is 0 Å². The van der Waals surface area contributed by atoms with E-state index in [4.69, 9.17) is 0 Å². The average Bonchev–Trinajstić information content (AvgIpc) is 3.42. The molecule has 1 fully saturated rings. The molecule has 2 heterocycles. The van der Waals surface area contributed by atoms with E-state index >= 15 is 0 Å². The summed E-state index contributed by atoms with van der Waals surface area (Å²) in [5, 5.41) is 11.9. The number of hydrogen-bond donors (Lipinski definition) is 1. The van der Waals surface area contributed by atoms with E-state index in [2.05, 4.69) is 15.5 Å². The van der Waals surface area contributed by atoms with Crippen molar-refractivity contribution in [1.82, 2.24) is 15.5 Å². The molecular weight excluding hydrogens is 404 g/mol. The number of thiophene rings is 1. The lowest BCUT2D eigenvalue weighted by Crippen LogP contribution is -2.25. The quantitative estimate of drug-likeness (QED) is 0.473. The van der Waals surface area contributed by atoms with Gasteiger partial charge in [0, 0.05) is 33.5 Å². The van der Waals surface area contributed by atoms with Gasteiger partial charge in [0.15, 0.2) is 0 Å². The topological polar surface area (TPSA) is 54.9 Å². The van der Waals surface area contributed by atoms with Gasteiger partial charge in [-0.05, 0) is 61.2 Å². The van der Waals surface area contributed by atoms with E-state index in [1.165, 1.54) is 23.5 Å². The minimum Gasteiger partial charge on any atom is -0.349 e. The van der Waals surface area contributed by atoms with E-state index in [0.717, 1.165) is 45.0 Å². The van der Waals surface area contributed by atoms with E-state index in [-0.39, 0.29) is 17.5 Å². The summed E-state index contributed by atoms with van der Waals surface area (Å²) in [6, 6.07) is 11.3. The molecule has 2 aromatic heterocycles. The Balaban J connectivity index is 1.60. The van der Waals surface area contributed by atoms with Gasteiger partial charge in [0.2, 0.25) is 0 Å². The number of fused-ring (bicyclic) bond motifs is 1. The number of amides is 1. The summed E-state index contributed by atoms with van der Waals surface area (Å²) in [5.74, 6) is -1.39. The molecule has 1 saturated carbocycles. The molecule has 0 unspecified atom stereocenters. The first-order valence-electron chi connectivity index (χ1n) is 9.62. The maximum atomic E-state index is 14.4. The predicted octanol–water partition coefficient (Wildman–Crippen LogP) is 5.50. The number of rotatable bonds is 4. The van der Waals surface area contributed by atoms with Crippen molar-refractivity contribution in [2.45, 2.75) is 25.8 Å². The molecule has 30 heavy (non-hydrogen) atoms. The van der Waals surface area contributed by atoms with Crippen molar-refractivity contribution < 1.29 is 13.6 Å². The van der Waals surface area contributed by atoms with Crippen LogP contribution in [-0.4, -0.2) is 22.1 Å². The van der Waals surface area contributed by atoms with E-state index in [9.17, 15) is 13.6 Å². The SMILES string of the molecule is Cc1ccc(C(=O)NC2CC2)cc1-c1cc2cnnc(-c3ccc(F)cc3F)c2s1. The molecule has 4 aromatic rings. The number of carbonyl (C=O) groups is 1. The fourth-order valence-electron chi connectivity index (χ4n) is 3.40. The molecule has 1 N–H and O–H groups in total. The van der Waals surface area contributed by atoms with Crippen LogP contribution in [0.4, 0.5) is 8.78 Å². The molecule has 5 rings (SSSR count). The Hall–Kier alpha value is -3.19. The van der Waals surface area contributed by atoms with Gasteiger partial charge < -0.3 is 5.32 Å². The summed E-state index contributed by atoms with van der Waals surface area (Å²) in [5.41, 5.74) is 3.16. The maximum Gasteiger partial charge on any atom is 0.251 e. The monoisotopic (exact) mass is 421 g/mol. The van der Waals surface area contributed by atoms with Crippen molar-refractivity contribution >= 4 is 27.3 Å². The van der Waals surface area contributed by atoms with Crippen LogP contribution in [0.1, 0.15) is 28.8 Å². The van der Waals surface area contributed by atoms with E-state index in [0.29, 0.717) is 11.3 Å². The second kappa shape index (κ2) is 7.25. The van der Waals surface area contributed by atoms with Crippen LogP contribution in [0, 0.1) is 18.6 Å². The van der Waals surface area contributed by atoms with Gasteiger partial charge in [-0.15, -0.1) is 16.4 Å². The normalized spacial score (nSPS) is 13.6. The van der Waals surface area contributed by atoms with Crippen LogP contribution in [-0.2, 0) is 0 Å². The van der Waals surface area contributed by atoms with Crippen molar-refractivity contribution in [3.63, 3.8) is 0 Å². The van der Waals surface area contributed by atoms with Gasteiger partial charge >= 0.3 is 0 Å². The molecule has 0 radical (unpaired) electrons. The molecule has 0 atom stereocenters. The van der Waals surface area contributed by atoms with Crippen molar-refractivity contribution in [3.8, 4) is 21.7 Å².